The first-order chi connectivity index (χ1) is 9.88. The van der Waals surface area contributed by atoms with Crippen molar-refractivity contribution in [1.29, 1.82) is 0 Å². The summed E-state index contributed by atoms with van der Waals surface area (Å²) in [6.07, 6.45) is -2.01. The number of aryl methyl sites for hydroxylation is 1. The van der Waals surface area contributed by atoms with Crippen molar-refractivity contribution in [3.8, 4) is 0 Å². The zero-order chi connectivity index (χ0) is 15.5. The van der Waals surface area contributed by atoms with Crippen LogP contribution >= 0.6 is 11.8 Å². The Balaban J connectivity index is 2.18. The molecule has 2 rings (SSSR count). The van der Waals surface area contributed by atoms with Crippen molar-refractivity contribution in [3.05, 3.63) is 35.8 Å². The van der Waals surface area contributed by atoms with Gasteiger partial charge in [-0.05, 0) is 30.3 Å². The minimum Gasteiger partial charge on any atom is -0.384 e. The fourth-order valence-corrected chi connectivity index (χ4v) is 2.38. The summed E-state index contributed by atoms with van der Waals surface area (Å²) in [6.45, 7) is 2.00. The van der Waals surface area contributed by atoms with Crippen LogP contribution < -0.4 is 5.73 Å². The third-order valence-electron chi connectivity index (χ3n) is 2.52. The lowest BCUT2D eigenvalue weighted by Gasteiger charge is -2.07. The van der Waals surface area contributed by atoms with Crippen LogP contribution in [0.1, 0.15) is 24.7 Å². The fourth-order valence-electron chi connectivity index (χ4n) is 1.60. The Hall–Kier alpha value is -1.83. The molecule has 0 aliphatic heterocycles. The Labute approximate surface area is 124 Å². The maximum Gasteiger partial charge on any atom is 0.417 e. The molecule has 0 saturated heterocycles. The number of nitrogen functional groups attached to an aromatic ring is 1. The monoisotopic (exact) mass is 314 g/mol. The molecule has 112 valence electrons. The second-order valence-corrected chi connectivity index (χ2v) is 5.32. The van der Waals surface area contributed by atoms with E-state index in [9.17, 15) is 13.2 Å². The number of aromatic nitrogens is 3. The number of anilines is 1. The standard InChI is InChI=1S/C13H13F3N4S/c1-2-3-10-19-9(17)6-12(20-10)21-11-5-4-8(7-18-11)13(14,15)16/h4-7H,2-3H2,1H3,(H2,17,19,20). The minimum absolute atomic E-state index is 0.336. The van der Waals surface area contributed by atoms with Crippen LogP contribution in [-0.2, 0) is 12.6 Å². The molecule has 0 saturated carbocycles. The van der Waals surface area contributed by atoms with Crippen molar-refractivity contribution in [3.63, 3.8) is 0 Å². The molecule has 2 heterocycles. The van der Waals surface area contributed by atoms with E-state index in [4.69, 9.17) is 5.73 Å². The third kappa shape index (κ3) is 4.32. The number of hydrogen-bond acceptors (Lipinski definition) is 5. The zero-order valence-electron chi connectivity index (χ0n) is 11.2. The van der Waals surface area contributed by atoms with Crippen LogP contribution in [0.5, 0.6) is 0 Å². The summed E-state index contributed by atoms with van der Waals surface area (Å²) in [7, 11) is 0. The molecule has 8 heteroatoms. The number of pyridine rings is 1. The number of nitrogens with zero attached hydrogens (tertiary/aromatic N) is 3. The number of hydrogen-bond donors (Lipinski definition) is 1. The van der Waals surface area contributed by atoms with Crippen molar-refractivity contribution < 1.29 is 13.2 Å². The van der Waals surface area contributed by atoms with E-state index in [0.29, 0.717) is 28.1 Å². The van der Waals surface area contributed by atoms with Gasteiger partial charge in [-0.3, -0.25) is 0 Å². The average molecular weight is 314 g/mol. The first-order valence-corrected chi connectivity index (χ1v) is 7.04. The molecule has 2 aromatic heterocycles. The number of rotatable bonds is 4. The molecule has 0 unspecified atom stereocenters. The first-order valence-electron chi connectivity index (χ1n) is 6.23. The smallest absolute Gasteiger partial charge is 0.384 e. The van der Waals surface area contributed by atoms with Crippen molar-refractivity contribution in [2.45, 2.75) is 36.0 Å². The summed E-state index contributed by atoms with van der Waals surface area (Å²) in [5.74, 6) is 0.953. The highest BCUT2D eigenvalue weighted by Gasteiger charge is 2.30. The van der Waals surface area contributed by atoms with Gasteiger partial charge in [0.25, 0.3) is 0 Å². The van der Waals surface area contributed by atoms with Gasteiger partial charge in [0.1, 0.15) is 21.7 Å². The van der Waals surface area contributed by atoms with Crippen LogP contribution in [0.3, 0.4) is 0 Å². The Morgan fingerprint density at radius 3 is 2.52 bits per heavy atom. The van der Waals surface area contributed by atoms with Gasteiger partial charge >= 0.3 is 6.18 Å². The lowest BCUT2D eigenvalue weighted by Crippen LogP contribution is -2.05. The molecule has 2 aromatic rings. The Bertz CT molecular complexity index is 614. The molecule has 0 spiro atoms. The van der Waals surface area contributed by atoms with E-state index in [1.54, 1.807) is 6.07 Å². The van der Waals surface area contributed by atoms with Gasteiger partial charge in [0.15, 0.2) is 0 Å². The second-order valence-electron chi connectivity index (χ2n) is 4.28. The molecular formula is C13H13F3N4S. The van der Waals surface area contributed by atoms with Gasteiger partial charge in [0.05, 0.1) is 5.56 Å². The molecule has 0 aliphatic carbocycles. The largest absolute Gasteiger partial charge is 0.417 e. The highest BCUT2D eigenvalue weighted by molar-refractivity contribution is 7.99. The zero-order valence-corrected chi connectivity index (χ0v) is 12.0. The molecule has 2 N–H and O–H groups in total. The van der Waals surface area contributed by atoms with E-state index >= 15 is 0 Å². The van der Waals surface area contributed by atoms with Gasteiger partial charge in [-0.1, -0.05) is 6.92 Å². The van der Waals surface area contributed by atoms with Crippen LogP contribution in [0.2, 0.25) is 0 Å². The molecule has 21 heavy (non-hydrogen) atoms. The van der Waals surface area contributed by atoms with E-state index in [1.165, 1.54) is 6.07 Å². The van der Waals surface area contributed by atoms with Gasteiger partial charge in [-0.15, -0.1) is 0 Å². The summed E-state index contributed by atoms with van der Waals surface area (Å²) in [6, 6.07) is 3.88. The summed E-state index contributed by atoms with van der Waals surface area (Å²) >= 11 is 1.15. The molecule has 0 bridgehead atoms. The van der Waals surface area contributed by atoms with Crippen LogP contribution in [0.25, 0.3) is 0 Å². The van der Waals surface area contributed by atoms with E-state index in [2.05, 4.69) is 15.0 Å². The molecule has 4 nitrogen and oxygen atoms in total. The van der Waals surface area contributed by atoms with Crippen molar-refractivity contribution in [2.24, 2.45) is 0 Å². The molecule has 0 atom stereocenters. The Morgan fingerprint density at radius 1 is 1.19 bits per heavy atom. The van der Waals surface area contributed by atoms with Gasteiger partial charge in [0, 0.05) is 18.7 Å². The van der Waals surface area contributed by atoms with Crippen molar-refractivity contribution >= 4 is 17.6 Å². The minimum atomic E-state index is -4.39. The molecule has 0 fully saturated rings. The highest BCUT2D eigenvalue weighted by atomic mass is 32.2. The van der Waals surface area contributed by atoms with Crippen LogP contribution in [-0.4, -0.2) is 15.0 Å². The molecule has 0 aromatic carbocycles. The predicted octanol–water partition coefficient (Wildman–Crippen LogP) is 3.58. The van der Waals surface area contributed by atoms with Crippen LogP contribution in [0.15, 0.2) is 34.4 Å². The van der Waals surface area contributed by atoms with E-state index in [-0.39, 0.29) is 0 Å². The van der Waals surface area contributed by atoms with Crippen molar-refractivity contribution in [1.82, 2.24) is 15.0 Å². The molecule has 0 radical (unpaired) electrons. The van der Waals surface area contributed by atoms with E-state index in [1.807, 2.05) is 6.92 Å². The summed E-state index contributed by atoms with van der Waals surface area (Å²) in [5.41, 5.74) is 4.91. The van der Waals surface area contributed by atoms with Crippen molar-refractivity contribution in [2.75, 3.05) is 5.73 Å². The third-order valence-corrected chi connectivity index (χ3v) is 3.38. The topological polar surface area (TPSA) is 64.7 Å². The molecule has 0 aliphatic rings. The summed E-state index contributed by atoms with van der Waals surface area (Å²) < 4.78 is 37.4. The fraction of sp³-hybridized carbons (Fsp3) is 0.308. The normalized spacial score (nSPS) is 11.6. The summed E-state index contributed by atoms with van der Waals surface area (Å²) in [4.78, 5) is 12.2. The lowest BCUT2D eigenvalue weighted by molar-refractivity contribution is -0.137. The van der Waals surface area contributed by atoms with Crippen LogP contribution in [0.4, 0.5) is 19.0 Å². The Morgan fingerprint density at radius 2 is 1.95 bits per heavy atom. The SMILES string of the molecule is CCCc1nc(N)cc(Sc2ccc(C(F)(F)F)cn2)n1. The lowest BCUT2D eigenvalue weighted by atomic mass is 10.3. The average Bonchev–Trinajstić information content (AvgIpc) is 2.38. The van der Waals surface area contributed by atoms with E-state index < -0.39 is 11.7 Å². The molecular weight excluding hydrogens is 301 g/mol. The quantitative estimate of drug-likeness (QED) is 0.874. The Kier molecular flexibility index (Phi) is 4.66. The number of nitrogens with two attached hydrogens (primary N) is 1. The predicted molar refractivity (Wildman–Crippen MR) is 73.8 cm³/mol. The summed E-state index contributed by atoms with van der Waals surface area (Å²) in [5, 5.41) is 0.988. The van der Waals surface area contributed by atoms with Gasteiger partial charge in [-0.2, -0.15) is 13.2 Å². The van der Waals surface area contributed by atoms with Gasteiger partial charge in [-0.25, -0.2) is 15.0 Å². The van der Waals surface area contributed by atoms with Gasteiger partial charge in [0.2, 0.25) is 0 Å². The second kappa shape index (κ2) is 6.30. The maximum atomic E-state index is 12.5. The highest BCUT2D eigenvalue weighted by Crippen LogP contribution is 2.31. The number of halogens is 3. The number of alkyl halides is 3. The maximum absolute atomic E-state index is 12.5. The molecule has 0 amide bonds. The van der Waals surface area contributed by atoms with Gasteiger partial charge < -0.3 is 5.73 Å². The first kappa shape index (κ1) is 15.6. The van der Waals surface area contributed by atoms with Crippen LogP contribution in [0, 0.1) is 0 Å². The van der Waals surface area contributed by atoms with E-state index in [0.717, 1.165) is 30.4 Å².